The topological polar surface area (TPSA) is 54.3 Å². The number of carbonyl (C=O) groups is 1. The fourth-order valence-electron chi connectivity index (χ4n) is 1.50. The van der Waals surface area contributed by atoms with Crippen LogP contribution in [-0.4, -0.2) is 25.0 Å². The molecule has 0 saturated carbocycles. The molecular formula is C9H11ClN2O2. The van der Waals surface area contributed by atoms with E-state index < -0.39 is 0 Å². The minimum absolute atomic E-state index is 0.147. The Kier molecular flexibility index (Phi) is 2.74. The van der Waals surface area contributed by atoms with Crippen molar-refractivity contribution in [2.75, 3.05) is 13.1 Å². The number of rotatable bonds is 2. The fraction of sp³-hybridized carbons (Fsp3) is 0.444. The van der Waals surface area contributed by atoms with Gasteiger partial charge in [-0.05, 0) is 30.6 Å². The van der Waals surface area contributed by atoms with E-state index in [0.717, 1.165) is 19.5 Å². The van der Waals surface area contributed by atoms with Crippen molar-refractivity contribution in [2.24, 2.45) is 0 Å². The zero-order valence-corrected chi connectivity index (χ0v) is 8.30. The van der Waals surface area contributed by atoms with E-state index in [1.54, 1.807) is 6.07 Å². The first-order valence-corrected chi connectivity index (χ1v) is 4.90. The lowest BCUT2D eigenvalue weighted by Crippen LogP contribution is -2.36. The first-order chi connectivity index (χ1) is 6.77. The van der Waals surface area contributed by atoms with E-state index in [-0.39, 0.29) is 17.2 Å². The number of nitrogens with one attached hydrogen (secondary N) is 2. The SMILES string of the molecule is O=C(NC1CCNC1)c1ccoc1Cl. The van der Waals surface area contributed by atoms with Gasteiger partial charge in [-0.15, -0.1) is 0 Å². The predicted octanol–water partition coefficient (Wildman–Crippen LogP) is 1.02. The lowest BCUT2D eigenvalue weighted by molar-refractivity contribution is 0.0939. The van der Waals surface area contributed by atoms with Crippen molar-refractivity contribution in [1.29, 1.82) is 0 Å². The fourth-order valence-corrected chi connectivity index (χ4v) is 1.70. The zero-order valence-electron chi connectivity index (χ0n) is 7.55. The summed E-state index contributed by atoms with van der Waals surface area (Å²) in [5.74, 6) is -0.169. The van der Waals surface area contributed by atoms with Gasteiger partial charge in [0.15, 0.2) is 0 Å². The molecule has 1 saturated heterocycles. The molecule has 0 bridgehead atoms. The molecular weight excluding hydrogens is 204 g/mol. The molecule has 1 aliphatic rings. The van der Waals surface area contributed by atoms with E-state index in [1.165, 1.54) is 6.26 Å². The highest BCUT2D eigenvalue weighted by atomic mass is 35.5. The smallest absolute Gasteiger partial charge is 0.256 e. The molecule has 2 N–H and O–H groups in total. The Hall–Kier alpha value is -1.00. The van der Waals surface area contributed by atoms with Crippen molar-refractivity contribution in [3.05, 3.63) is 23.1 Å². The third-order valence-electron chi connectivity index (χ3n) is 2.26. The van der Waals surface area contributed by atoms with Crippen LogP contribution in [0.4, 0.5) is 0 Å². The van der Waals surface area contributed by atoms with Crippen molar-refractivity contribution < 1.29 is 9.21 Å². The summed E-state index contributed by atoms with van der Waals surface area (Å²) in [7, 11) is 0. The zero-order chi connectivity index (χ0) is 9.97. The Labute approximate surface area is 86.6 Å². The molecule has 0 aromatic carbocycles. The summed E-state index contributed by atoms with van der Waals surface area (Å²) >= 11 is 5.68. The van der Waals surface area contributed by atoms with Gasteiger partial charge in [0.1, 0.15) is 0 Å². The van der Waals surface area contributed by atoms with Gasteiger partial charge in [0.25, 0.3) is 5.91 Å². The molecule has 5 heteroatoms. The highest BCUT2D eigenvalue weighted by molar-refractivity contribution is 6.32. The summed E-state index contributed by atoms with van der Waals surface area (Å²) in [5.41, 5.74) is 0.401. The second-order valence-corrected chi connectivity index (χ2v) is 3.61. The van der Waals surface area contributed by atoms with Crippen LogP contribution in [0.1, 0.15) is 16.8 Å². The molecule has 1 fully saturated rings. The molecule has 0 radical (unpaired) electrons. The molecule has 4 nitrogen and oxygen atoms in total. The maximum atomic E-state index is 11.6. The number of hydrogen-bond acceptors (Lipinski definition) is 3. The summed E-state index contributed by atoms with van der Waals surface area (Å²) in [6.07, 6.45) is 2.37. The Morgan fingerprint density at radius 3 is 3.14 bits per heavy atom. The molecule has 1 aromatic heterocycles. The Morgan fingerprint density at radius 2 is 2.57 bits per heavy atom. The quantitative estimate of drug-likeness (QED) is 0.773. The number of furan rings is 1. The first-order valence-electron chi connectivity index (χ1n) is 4.52. The van der Waals surface area contributed by atoms with Crippen LogP contribution in [0.5, 0.6) is 0 Å². The maximum Gasteiger partial charge on any atom is 0.256 e. The molecule has 1 amide bonds. The predicted molar refractivity (Wildman–Crippen MR) is 52.5 cm³/mol. The summed E-state index contributed by atoms with van der Waals surface area (Å²) in [6.45, 7) is 1.77. The van der Waals surface area contributed by atoms with Crippen molar-refractivity contribution in [1.82, 2.24) is 10.6 Å². The monoisotopic (exact) mass is 214 g/mol. The van der Waals surface area contributed by atoms with E-state index >= 15 is 0 Å². The van der Waals surface area contributed by atoms with Crippen LogP contribution < -0.4 is 10.6 Å². The van der Waals surface area contributed by atoms with Crippen molar-refractivity contribution in [3.63, 3.8) is 0 Å². The molecule has 1 unspecified atom stereocenters. The van der Waals surface area contributed by atoms with Crippen molar-refractivity contribution >= 4 is 17.5 Å². The molecule has 0 spiro atoms. The van der Waals surface area contributed by atoms with Gasteiger partial charge in [0.05, 0.1) is 11.8 Å². The van der Waals surface area contributed by atoms with E-state index in [9.17, 15) is 4.79 Å². The van der Waals surface area contributed by atoms with Crippen LogP contribution in [0.15, 0.2) is 16.7 Å². The molecule has 0 aliphatic carbocycles. The van der Waals surface area contributed by atoms with Gasteiger partial charge in [-0.3, -0.25) is 4.79 Å². The van der Waals surface area contributed by atoms with Crippen LogP contribution >= 0.6 is 11.6 Å². The lowest BCUT2D eigenvalue weighted by atomic mass is 10.2. The van der Waals surface area contributed by atoms with E-state index in [4.69, 9.17) is 16.0 Å². The lowest BCUT2D eigenvalue weighted by Gasteiger charge is -2.09. The number of halogens is 1. The van der Waals surface area contributed by atoms with Crippen molar-refractivity contribution in [2.45, 2.75) is 12.5 Å². The average molecular weight is 215 g/mol. The average Bonchev–Trinajstić information content (AvgIpc) is 2.75. The van der Waals surface area contributed by atoms with Gasteiger partial charge in [-0.1, -0.05) is 0 Å². The second kappa shape index (κ2) is 4.02. The van der Waals surface area contributed by atoms with Gasteiger partial charge in [-0.2, -0.15) is 0 Å². The Morgan fingerprint density at radius 1 is 1.71 bits per heavy atom. The summed E-state index contributed by atoms with van der Waals surface area (Å²) < 4.78 is 4.84. The van der Waals surface area contributed by atoms with Gasteiger partial charge in [0.2, 0.25) is 5.22 Å². The summed E-state index contributed by atoms with van der Waals surface area (Å²) in [6, 6.07) is 1.77. The second-order valence-electron chi connectivity index (χ2n) is 3.27. The minimum atomic E-state index is -0.169. The number of carbonyl (C=O) groups excluding carboxylic acids is 1. The van der Waals surface area contributed by atoms with E-state index in [0.29, 0.717) is 5.56 Å². The van der Waals surface area contributed by atoms with Gasteiger partial charge in [0, 0.05) is 12.6 Å². The molecule has 2 rings (SSSR count). The highest BCUT2D eigenvalue weighted by Gasteiger charge is 2.19. The standard InChI is InChI=1S/C9H11ClN2O2/c10-8-7(2-4-14-8)9(13)12-6-1-3-11-5-6/h2,4,6,11H,1,3,5H2,(H,12,13). The normalized spacial score (nSPS) is 21.1. The summed E-state index contributed by atoms with van der Waals surface area (Å²) in [5, 5.41) is 6.19. The van der Waals surface area contributed by atoms with E-state index in [2.05, 4.69) is 10.6 Å². The molecule has 76 valence electrons. The van der Waals surface area contributed by atoms with Crippen LogP contribution in [0.3, 0.4) is 0 Å². The third kappa shape index (κ3) is 1.91. The first kappa shape index (κ1) is 9.55. The summed E-state index contributed by atoms with van der Waals surface area (Å²) in [4.78, 5) is 11.6. The molecule has 14 heavy (non-hydrogen) atoms. The third-order valence-corrected chi connectivity index (χ3v) is 2.55. The molecule has 1 aliphatic heterocycles. The van der Waals surface area contributed by atoms with Crippen molar-refractivity contribution in [3.8, 4) is 0 Å². The Balaban J connectivity index is 1.98. The van der Waals surface area contributed by atoms with Gasteiger partial charge in [-0.25, -0.2) is 0 Å². The van der Waals surface area contributed by atoms with Gasteiger partial charge >= 0.3 is 0 Å². The minimum Gasteiger partial charge on any atom is -0.452 e. The molecule has 1 aromatic rings. The van der Waals surface area contributed by atoms with Crippen LogP contribution in [0.2, 0.25) is 5.22 Å². The largest absolute Gasteiger partial charge is 0.452 e. The molecule has 1 atom stereocenters. The number of hydrogen-bond donors (Lipinski definition) is 2. The van der Waals surface area contributed by atoms with Crippen LogP contribution in [0.25, 0.3) is 0 Å². The Bertz CT molecular complexity index is 331. The van der Waals surface area contributed by atoms with Gasteiger partial charge < -0.3 is 15.1 Å². The maximum absolute atomic E-state index is 11.6. The number of amides is 1. The van der Waals surface area contributed by atoms with Crippen LogP contribution in [0, 0.1) is 0 Å². The van der Waals surface area contributed by atoms with E-state index in [1.807, 2.05) is 0 Å². The van der Waals surface area contributed by atoms with Crippen LogP contribution in [-0.2, 0) is 0 Å². The molecule has 2 heterocycles. The highest BCUT2D eigenvalue weighted by Crippen LogP contribution is 2.16.